The first-order valence-electron chi connectivity index (χ1n) is 12.9. The van der Waals surface area contributed by atoms with Gasteiger partial charge in [0.25, 0.3) is 0 Å². The Morgan fingerprint density at radius 3 is 2.21 bits per heavy atom. The molecule has 0 amide bonds. The number of hydrogen-bond donors (Lipinski definition) is 5. The van der Waals surface area contributed by atoms with Crippen LogP contribution in [0.2, 0.25) is 0 Å². The molecule has 43 heavy (non-hydrogen) atoms. The first-order valence-corrected chi connectivity index (χ1v) is 12.9. The molecule has 236 valence electrons. The maximum atomic E-state index is 12.2. The Kier molecular flexibility index (Phi) is 11.0. The number of aliphatic imine (C=N–C) groups is 2. The summed E-state index contributed by atoms with van der Waals surface area (Å²) in [6, 6.07) is 1.57. The Morgan fingerprint density at radius 1 is 0.907 bits per heavy atom. The van der Waals surface area contributed by atoms with Crippen molar-refractivity contribution < 1.29 is 26.3 Å². The molecule has 0 aromatic carbocycles. The van der Waals surface area contributed by atoms with Crippen molar-refractivity contribution in [1.29, 1.82) is 5.41 Å². The average molecular weight is 620 g/mol. The Hall–Kier alpha value is -4.72. The number of nitrogens with zero attached hydrogens (tertiary/aromatic N) is 10. The zero-order chi connectivity index (χ0) is 31.6. The number of nitrogens with two attached hydrogens (primary N) is 2. The predicted octanol–water partition coefficient (Wildman–Crippen LogP) is 2.28. The molecule has 0 aliphatic rings. The van der Waals surface area contributed by atoms with E-state index in [1.165, 1.54) is 15.7 Å². The smallest absolute Gasteiger partial charge is 0.370 e. The lowest BCUT2D eigenvalue weighted by Crippen LogP contribution is -2.25. The minimum Gasteiger partial charge on any atom is -0.370 e. The summed E-state index contributed by atoms with van der Waals surface area (Å²) in [7, 11) is 0. The molecular weight excluding hydrogens is 588 g/mol. The second-order valence-electron chi connectivity index (χ2n) is 9.17. The maximum absolute atomic E-state index is 12.2. The molecule has 0 unspecified atom stereocenters. The number of unbranched alkanes of at least 4 members (excludes halogenated alkanes) is 1. The van der Waals surface area contributed by atoms with Crippen LogP contribution in [0.15, 0.2) is 28.4 Å². The van der Waals surface area contributed by atoms with Gasteiger partial charge in [0.05, 0.1) is 12.7 Å². The lowest BCUT2D eigenvalue weighted by atomic mass is 10.2. The summed E-state index contributed by atoms with van der Waals surface area (Å²) in [5.74, 6) is 0.954. The van der Waals surface area contributed by atoms with Crippen molar-refractivity contribution in [2.45, 2.75) is 64.5 Å². The van der Waals surface area contributed by atoms with Gasteiger partial charge >= 0.3 is 12.4 Å². The normalized spacial score (nSPS) is 13.0. The molecule has 3 heterocycles. The molecule has 0 saturated carbocycles. The van der Waals surface area contributed by atoms with Gasteiger partial charge in [-0.2, -0.15) is 41.3 Å². The lowest BCUT2D eigenvalue weighted by Gasteiger charge is -2.05. The zero-order valence-corrected chi connectivity index (χ0v) is 23.0. The highest BCUT2D eigenvalue weighted by Gasteiger charge is 2.27. The number of nitrogens with one attached hydrogen (secondary N) is 3. The van der Waals surface area contributed by atoms with Gasteiger partial charge in [0.1, 0.15) is 24.7 Å². The third-order valence-electron chi connectivity index (χ3n) is 5.42. The Morgan fingerprint density at radius 2 is 1.56 bits per heavy atom. The SMILES string of the molecule is Cc1nc(CCCCn2ccc(NC(N)=NCC(F)(F)F)n2)nn1C(=N)CCCn1ncc(NC(N)=NCC(F)(F)F)n1. The summed E-state index contributed by atoms with van der Waals surface area (Å²) in [6.45, 7) is -0.177. The monoisotopic (exact) mass is 619 g/mol. The third-order valence-corrected chi connectivity index (χ3v) is 5.42. The van der Waals surface area contributed by atoms with E-state index in [1.807, 2.05) is 0 Å². The first kappa shape index (κ1) is 32.8. The molecule has 0 aliphatic carbocycles. The molecule has 7 N–H and O–H groups in total. The molecule has 0 spiro atoms. The fraction of sp³-hybridized carbons (Fsp3) is 0.545. The topological polar surface area (TPSA) is 204 Å². The van der Waals surface area contributed by atoms with Crippen LogP contribution in [0.3, 0.4) is 0 Å². The molecule has 3 aromatic rings. The van der Waals surface area contributed by atoms with Crippen molar-refractivity contribution >= 4 is 29.4 Å². The molecule has 0 fully saturated rings. The van der Waals surface area contributed by atoms with E-state index in [2.05, 4.69) is 46.0 Å². The van der Waals surface area contributed by atoms with Crippen LogP contribution in [0, 0.1) is 12.3 Å². The number of anilines is 2. The van der Waals surface area contributed by atoms with Crippen molar-refractivity contribution in [3.05, 3.63) is 30.1 Å². The van der Waals surface area contributed by atoms with Crippen molar-refractivity contribution in [2.24, 2.45) is 21.5 Å². The minimum atomic E-state index is -4.47. The predicted molar refractivity (Wildman–Crippen MR) is 145 cm³/mol. The lowest BCUT2D eigenvalue weighted by molar-refractivity contribution is -0.119. The highest BCUT2D eigenvalue weighted by molar-refractivity contribution is 5.91. The minimum absolute atomic E-state index is 0.138. The molecule has 0 radical (unpaired) electrons. The number of alkyl halides is 6. The van der Waals surface area contributed by atoms with Gasteiger partial charge in [-0.1, -0.05) is 0 Å². The number of hydrogen-bond acceptors (Lipinski definition) is 8. The highest BCUT2D eigenvalue weighted by Crippen LogP contribution is 2.15. The van der Waals surface area contributed by atoms with Crippen LogP contribution < -0.4 is 22.1 Å². The summed E-state index contributed by atoms with van der Waals surface area (Å²) in [4.78, 5) is 12.1. The number of rotatable bonds is 13. The van der Waals surface area contributed by atoms with E-state index in [-0.39, 0.29) is 23.4 Å². The van der Waals surface area contributed by atoms with Gasteiger partial charge in [0, 0.05) is 31.6 Å². The van der Waals surface area contributed by atoms with Crippen molar-refractivity contribution in [3.63, 3.8) is 0 Å². The summed E-state index contributed by atoms with van der Waals surface area (Å²) in [5, 5.41) is 30.0. The fourth-order valence-electron chi connectivity index (χ4n) is 3.56. The van der Waals surface area contributed by atoms with Crippen LogP contribution >= 0.6 is 0 Å². The van der Waals surface area contributed by atoms with E-state index < -0.39 is 31.4 Å². The molecule has 0 aliphatic heterocycles. The van der Waals surface area contributed by atoms with Gasteiger partial charge in [-0.05, 0) is 26.2 Å². The quantitative estimate of drug-likeness (QED) is 0.0823. The summed E-state index contributed by atoms with van der Waals surface area (Å²) in [6.07, 6.45) is -3.12. The Labute approximate surface area is 240 Å². The molecule has 0 bridgehead atoms. The number of aromatic nitrogens is 8. The van der Waals surface area contributed by atoms with Gasteiger partial charge < -0.3 is 22.1 Å². The Bertz CT molecular complexity index is 1400. The summed E-state index contributed by atoms with van der Waals surface area (Å²) >= 11 is 0. The highest BCUT2D eigenvalue weighted by atomic mass is 19.4. The standard InChI is InChI=1S/C22H31F6N15/c1-14-35-16(6-2-3-8-41-10-7-17(38-41)36-19(30)32-12-21(23,24)25)40-43(14)15(29)5-4-9-42-34-11-18(39-42)37-20(31)33-13-22(26,27)28/h7,10-11,29H,2-6,8-9,12-13H2,1H3,(H3,30,32,36,38)(H3,31,33,37,39). The third kappa shape index (κ3) is 12.0. The summed E-state index contributed by atoms with van der Waals surface area (Å²) < 4.78 is 76.4. The summed E-state index contributed by atoms with van der Waals surface area (Å²) in [5.41, 5.74) is 10.9. The largest absolute Gasteiger partial charge is 0.408 e. The van der Waals surface area contributed by atoms with E-state index in [1.54, 1.807) is 23.9 Å². The average Bonchev–Trinajstić information content (AvgIpc) is 3.64. The van der Waals surface area contributed by atoms with Crippen LogP contribution in [0.4, 0.5) is 38.0 Å². The zero-order valence-electron chi connectivity index (χ0n) is 23.0. The second kappa shape index (κ2) is 14.4. The van der Waals surface area contributed by atoms with E-state index >= 15 is 0 Å². The number of aryl methyl sites for hydroxylation is 4. The number of halogens is 6. The van der Waals surface area contributed by atoms with Crippen LogP contribution in [-0.2, 0) is 19.5 Å². The molecule has 3 rings (SSSR count). The fourth-order valence-corrected chi connectivity index (χ4v) is 3.56. The van der Waals surface area contributed by atoms with Crippen LogP contribution in [0.5, 0.6) is 0 Å². The second-order valence-corrected chi connectivity index (χ2v) is 9.17. The van der Waals surface area contributed by atoms with Gasteiger partial charge in [-0.3, -0.25) is 10.1 Å². The molecule has 21 heteroatoms. The van der Waals surface area contributed by atoms with Gasteiger partial charge in [0.2, 0.25) is 0 Å². The van der Waals surface area contributed by atoms with Gasteiger partial charge in [-0.15, -0.1) is 10.2 Å². The van der Waals surface area contributed by atoms with E-state index in [0.29, 0.717) is 44.0 Å². The Balaban J connectivity index is 1.37. The van der Waals surface area contributed by atoms with Crippen LogP contribution in [0.1, 0.15) is 37.3 Å². The van der Waals surface area contributed by atoms with E-state index in [0.717, 1.165) is 12.8 Å². The van der Waals surface area contributed by atoms with Crippen LogP contribution in [-0.4, -0.2) is 82.7 Å². The van der Waals surface area contributed by atoms with E-state index in [4.69, 9.17) is 16.9 Å². The molecule has 15 nitrogen and oxygen atoms in total. The van der Waals surface area contributed by atoms with Crippen molar-refractivity contribution in [1.82, 2.24) is 39.5 Å². The van der Waals surface area contributed by atoms with Gasteiger partial charge in [-0.25, -0.2) is 19.7 Å². The van der Waals surface area contributed by atoms with Crippen molar-refractivity contribution in [3.8, 4) is 0 Å². The first-order chi connectivity index (χ1) is 20.2. The van der Waals surface area contributed by atoms with Crippen LogP contribution in [0.25, 0.3) is 0 Å². The number of guanidine groups is 2. The molecule has 0 saturated heterocycles. The van der Waals surface area contributed by atoms with Crippen molar-refractivity contribution in [2.75, 3.05) is 23.7 Å². The molecular formula is C22H31F6N15. The molecule has 3 aromatic heterocycles. The van der Waals surface area contributed by atoms with Gasteiger partial charge in [0.15, 0.2) is 29.4 Å². The maximum Gasteiger partial charge on any atom is 0.408 e. The van der Waals surface area contributed by atoms with E-state index in [9.17, 15) is 26.3 Å². The molecule has 0 atom stereocenters.